The van der Waals surface area contributed by atoms with Crippen LogP contribution < -0.4 is 9.64 Å². The molecule has 0 amide bonds. The SMILES string of the molecule is Cc1ccc(C(F)c2c(C3CCN(c4ncc(OCC(C)(CO)CO)cn4)CC3)nc3c(c2C2CCC(F)(F)CC2)C(O)CC(C)(C)C3)cc1. The molecule has 0 radical (unpaired) electrons. The van der Waals surface area contributed by atoms with Crippen LogP contribution in [0, 0.1) is 17.8 Å². The van der Waals surface area contributed by atoms with Crippen LogP contribution in [0.3, 0.4) is 0 Å². The smallest absolute Gasteiger partial charge is 0.248 e. The van der Waals surface area contributed by atoms with Gasteiger partial charge in [0, 0.05) is 54.1 Å². The van der Waals surface area contributed by atoms with Crippen LogP contribution in [0.2, 0.25) is 0 Å². The van der Waals surface area contributed by atoms with Gasteiger partial charge in [-0.3, -0.25) is 4.98 Å². The number of anilines is 1. The number of pyridine rings is 1. The van der Waals surface area contributed by atoms with E-state index in [1.165, 1.54) is 0 Å². The monoisotopic (exact) mass is 696 g/mol. The molecule has 50 heavy (non-hydrogen) atoms. The molecule has 3 aromatic rings. The Morgan fingerprint density at radius 2 is 1.58 bits per heavy atom. The van der Waals surface area contributed by atoms with Gasteiger partial charge < -0.3 is 25.0 Å². The Morgan fingerprint density at radius 3 is 2.18 bits per heavy atom. The number of aryl methyl sites for hydroxylation is 1. The summed E-state index contributed by atoms with van der Waals surface area (Å²) >= 11 is 0. The Bertz CT molecular complexity index is 1610. The van der Waals surface area contributed by atoms with Crippen LogP contribution in [0.5, 0.6) is 5.75 Å². The maximum atomic E-state index is 17.3. The predicted molar refractivity (Wildman–Crippen MR) is 186 cm³/mol. The molecule has 0 bridgehead atoms. The molecule has 11 heteroatoms. The second-order valence-corrected chi connectivity index (χ2v) is 16.0. The molecule has 1 aromatic carbocycles. The Kier molecular flexibility index (Phi) is 10.5. The van der Waals surface area contributed by atoms with Crippen molar-refractivity contribution in [2.24, 2.45) is 10.8 Å². The highest BCUT2D eigenvalue weighted by Crippen LogP contribution is 2.52. The molecule has 3 N–H and O–H groups in total. The lowest BCUT2D eigenvalue weighted by molar-refractivity contribution is -0.0385. The Hall–Kier alpha value is -3.28. The van der Waals surface area contributed by atoms with Crippen molar-refractivity contribution in [3.8, 4) is 5.75 Å². The molecule has 2 aliphatic carbocycles. The number of alkyl halides is 3. The summed E-state index contributed by atoms with van der Waals surface area (Å²) < 4.78 is 51.9. The fourth-order valence-corrected chi connectivity index (χ4v) is 7.91. The number of hydrogen-bond donors (Lipinski definition) is 3. The van der Waals surface area contributed by atoms with Gasteiger partial charge in [-0.15, -0.1) is 0 Å². The van der Waals surface area contributed by atoms with Crippen molar-refractivity contribution in [1.82, 2.24) is 15.0 Å². The van der Waals surface area contributed by atoms with Crippen molar-refractivity contribution in [2.75, 3.05) is 37.8 Å². The van der Waals surface area contributed by atoms with Gasteiger partial charge in [-0.25, -0.2) is 23.1 Å². The Balaban J connectivity index is 1.34. The van der Waals surface area contributed by atoms with Gasteiger partial charge in [0.1, 0.15) is 0 Å². The number of aliphatic hydroxyl groups excluding tert-OH is 3. The molecule has 1 saturated carbocycles. The number of fused-ring (bicyclic) bond motifs is 1. The summed E-state index contributed by atoms with van der Waals surface area (Å²) in [6.07, 6.45) is 3.23. The summed E-state index contributed by atoms with van der Waals surface area (Å²) in [7, 11) is 0. The highest BCUT2D eigenvalue weighted by Gasteiger charge is 2.43. The molecule has 3 aliphatic rings. The van der Waals surface area contributed by atoms with E-state index in [1.807, 2.05) is 19.1 Å². The van der Waals surface area contributed by atoms with Gasteiger partial charge in [0.2, 0.25) is 11.9 Å². The molecular weight excluding hydrogens is 645 g/mol. The number of benzene rings is 1. The van der Waals surface area contributed by atoms with Gasteiger partial charge in [-0.05, 0) is 67.9 Å². The van der Waals surface area contributed by atoms with Crippen LogP contribution in [0.1, 0.15) is 129 Å². The predicted octanol–water partition coefficient (Wildman–Crippen LogP) is 7.29. The quantitative estimate of drug-likeness (QED) is 0.203. The summed E-state index contributed by atoms with van der Waals surface area (Å²) in [5, 5.41) is 30.7. The molecule has 2 aromatic heterocycles. The number of hydrogen-bond acceptors (Lipinski definition) is 8. The van der Waals surface area contributed by atoms with E-state index in [2.05, 4.69) is 28.7 Å². The number of aliphatic hydroxyl groups is 3. The molecule has 2 unspecified atom stereocenters. The van der Waals surface area contributed by atoms with E-state index in [0.717, 1.165) is 16.8 Å². The number of rotatable bonds is 10. The maximum absolute atomic E-state index is 17.3. The van der Waals surface area contributed by atoms with Crippen molar-refractivity contribution >= 4 is 5.95 Å². The molecule has 8 nitrogen and oxygen atoms in total. The normalized spacial score (nSPS) is 21.9. The standard InChI is InChI=1S/C39H51F3N4O4/c1-24-5-7-26(8-6-24)34(40)33-31(25-9-13-39(41,42)14-10-25)32-29(17-37(2,3)18-30(32)49)45-35(33)27-11-15-46(16-12-27)36-43-19-28(20-44-36)50-23-38(4,21-47)22-48/h5-8,19-20,25,27,30,34,47-49H,9-18,21-23H2,1-4H3. The Morgan fingerprint density at radius 1 is 0.960 bits per heavy atom. The average molecular weight is 697 g/mol. The molecule has 1 saturated heterocycles. The zero-order chi connectivity index (χ0) is 35.8. The molecular formula is C39H51F3N4O4. The van der Waals surface area contributed by atoms with Crippen LogP contribution in [-0.4, -0.2) is 69.1 Å². The van der Waals surface area contributed by atoms with Crippen molar-refractivity contribution in [1.29, 1.82) is 0 Å². The lowest BCUT2D eigenvalue weighted by Gasteiger charge is -2.41. The minimum atomic E-state index is -2.74. The van der Waals surface area contributed by atoms with E-state index in [4.69, 9.17) is 9.72 Å². The molecule has 0 spiro atoms. The zero-order valence-corrected chi connectivity index (χ0v) is 29.6. The van der Waals surface area contributed by atoms with Gasteiger partial charge in [0.25, 0.3) is 0 Å². The first-order valence-electron chi connectivity index (χ1n) is 18.0. The minimum Gasteiger partial charge on any atom is -0.490 e. The summed E-state index contributed by atoms with van der Waals surface area (Å²) in [5.41, 5.74) is 3.83. The zero-order valence-electron chi connectivity index (χ0n) is 29.6. The van der Waals surface area contributed by atoms with Crippen LogP contribution >= 0.6 is 0 Å². The topological polar surface area (TPSA) is 112 Å². The van der Waals surface area contributed by atoms with Crippen molar-refractivity contribution < 1.29 is 33.2 Å². The molecule has 2 fully saturated rings. The molecule has 3 heterocycles. The Labute approximate surface area is 293 Å². The summed E-state index contributed by atoms with van der Waals surface area (Å²) in [6, 6.07) is 7.36. The first kappa shape index (κ1) is 36.5. The van der Waals surface area contributed by atoms with E-state index in [0.29, 0.717) is 72.9 Å². The van der Waals surface area contributed by atoms with Gasteiger partial charge in [-0.1, -0.05) is 50.6 Å². The molecule has 6 rings (SSSR count). The maximum Gasteiger partial charge on any atom is 0.248 e. The highest BCUT2D eigenvalue weighted by atomic mass is 19.3. The van der Waals surface area contributed by atoms with Crippen LogP contribution in [0.25, 0.3) is 0 Å². The number of nitrogens with zero attached hydrogens (tertiary/aromatic N) is 4. The fraction of sp³-hybridized carbons (Fsp3) is 0.615. The molecule has 272 valence electrons. The van der Waals surface area contributed by atoms with E-state index < -0.39 is 23.6 Å². The molecule has 1 aliphatic heterocycles. The summed E-state index contributed by atoms with van der Waals surface area (Å²) in [6.45, 7) is 8.77. The lowest BCUT2D eigenvalue weighted by atomic mass is 9.68. The first-order chi connectivity index (χ1) is 23.7. The van der Waals surface area contributed by atoms with Crippen molar-refractivity contribution in [3.63, 3.8) is 0 Å². The van der Waals surface area contributed by atoms with Gasteiger partial charge >= 0.3 is 0 Å². The number of halogens is 3. The third-order valence-electron chi connectivity index (χ3n) is 11.0. The largest absolute Gasteiger partial charge is 0.490 e. The van der Waals surface area contributed by atoms with E-state index in [9.17, 15) is 24.1 Å². The van der Waals surface area contributed by atoms with Gasteiger partial charge in [0.05, 0.1) is 44.0 Å². The molecule has 2 atom stereocenters. The second kappa shape index (κ2) is 14.4. The van der Waals surface area contributed by atoms with E-state index in [1.54, 1.807) is 31.5 Å². The highest BCUT2D eigenvalue weighted by molar-refractivity contribution is 5.51. The number of aromatic nitrogens is 3. The van der Waals surface area contributed by atoms with Crippen molar-refractivity contribution in [2.45, 2.75) is 109 Å². The lowest BCUT2D eigenvalue weighted by Crippen LogP contribution is -2.36. The fourth-order valence-electron chi connectivity index (χ4n) is 7.91. The van der Waals surface area contributed by atoms with Gasteiger partial charge in [0.15, 0.2) is 11.9 Å². The number of piperidine rings is 1. The summed E-state index contributed by atoms with van der Waals surface area (Å²) in [4.78, 5) is 16.4. The van der Waals surface area contributed by atoms with Crippen LogP contribution in [-0.2, 0) is 6.42 Å². The van der Waals surface area contributed by atoms with Gasteiger partial charge in [-0.2, -0.15) is 0 Å². The average Bonchev–Trinajstić information content (AvgIpc) is 3.10. The van der Waals surface area contributed by atoms with E-state index in [-0.39, 0.29) is 62.8 Å². The third kappa shape index (κ3) is 7.79. The minimum absolute atomic E-state index is 0.0848. The first-order valence-corrected chi connectivity index (χ1v) is 18.0. The van der Waals surface area contributed by atoms with Crippen LogP contribution in [0.15, 0.2) is 36.7 Å². The van der Waals surface area contributed by atoms with Crippen LogP contribution in [0.4, 0.5) is 19.1 Å². The van der Waals surface area contributed by atoms with E-state index >= 15 is 4.39 Å². The number of ether oxygens (including phenoxy) is 1. The third-order valence-corrected chi connectivity index (χ3v) is 11.0. The van der Waals surface area contributed by atoms with Crippen molar-refractivity contribution in [3.05, 3.63) is 75.9 Å². The summed E-state index contributed by atoms with van der Waals surface area (Å²) in [5.74, 6) is -2.14. The second-order valence-electron chi connectivity index (χ2n) is 16.0.